The molecule has 0 spiro atoms. The predicted molar refractivity (Wildman–Crippen MR) is 61.6 cm³/mol. The van der Waals surface area contributed by atoms with E-state index in [4.69, 9.17) is 9.88 Å². The molecule has 0 fully saturated rings. The number of methoxy groups -OCH3 is 1. The molecule has 17 heavy (non-hydrogen) atoms. The van der Waals surface area contributed by atoms with Gasteiger partial charge in [0.15, 0.2) is 5.78 Å². The Kier molecular flexibility index (Phi) is 2.92. The molecule has 1 aromatic carbocycles. The van der Waals surface area contributed by atoms with E-state index < -0.39 is 10.0 Å². The Bertz CT molecular complexity index is 577. The molecule has 5 nitrogen and oxygen atoms in total. The molecule has 0 bridgehead atoms. The molecule has 92 valence electrons. The number of Topliss-reactive ketones (excluding diaryl/α,β-unsaturated/α-hetero) is 1. The summed E-state index contributed by atoms with van der Waals surface area (Å²) in [6, 6.07) is 2.91. The number of ether oxygens (including phenoxy) is 1. The molecule has 0 aromatic heterocycles. The van der Waals surface area contributed by atoms with Gasteiger partial charge in [0.1, 0.15) is 10.6 Å². The van der Waals surface area contributed by atoms with Gasteiger partial charge >= 0.3 is 0 Å². The van der Waals surface area contributed by atoms with Crippen LogP contribution in [0.25, 0.3) is 0 Å². The summed E-state index contributed by atoms with van der Waals surface area (Å²) in [6.07, 6.45) is 1.98. The summed E-state index contributed by atoms with van der Waals surface area (Å²) in [7, 11) is -2.50. The van der Waals surface area contributed by atoms with Crippen LogP contribution in [0.15, 0.2) is 17.0 Å². The Morgan fingerprint density at radius 1 is 1.29 bits per heavy atom. The molecule has 1 aliphatic carbocycles. The van der Waals surface area contributed by atoms with E-state index in [9.17, 15) is 13.2 Å². The molecule has 2 rings (SSSR count). The van der Waals surface area contributed by atoms with E-state index in [1.165, 1.54) is 13.2 Å². The first-order chi connectivity index (χ1) is 7.93. The number of aryl methyl sites for hydroxylation is 1. The number of sulfonamides is 1. The van der Waals surface area contributed by atoms with Crippen molar-refractivity contribution in [2.45, 2.75) is 24.2 Å². The average Bonchev–Trinajstić information content (AvgIpc) is 2.26. The van der Waals surface area contributed by atoms with E-state index >= 15 is 0 Å². The van der Waals surface area contributed by atoms with Gasteiger partial charge in [0.2, 0.25) is 10.0 Å². The van der Waals surface area contributed by atoms with E-state index in [-0.39, 0.29) is 16.4 Å². The number of hydrogen-bond acceptors (Lipinski definition) is 4. The molecule has 2 N–H and O–H groups in total. The smallest absolute Gasteiger partial charge is 0.241 e. The molecule has 0 aliphatic heterocycles. The fourth-order valence-electron chi connectivity index (χ4n) is 2.02. The molecule has 1 aliphatic rings. The number of carbonyl (C=O) groups excluding carboxylic acids is 1. The van der Waals surface area contributed by atoms with Gasteiger partial charge in [-0.2, -0.15) is 0 Å². The second kappa shape index (κ2) is 4.12. The minimum Gasteiger partial charge on any atom is -0.495 e. The van der Waals surface area contributed by atoms with E-state index in [0.29, 0.717) is 12.0 Å². The minimum atomic E-state index is -3.88. The normalized spacial score (nSPS) is 15.5. The Labute approximate surface area is 99.6 Å². The van der Waals surface area contributed by atoms with Crippen LogP contribution < -0.4 is 9.88 Å². The summed E-state index contributed by atoms with van der Waals surface area (Å²) in [5, 5.41) is 5.09. The number of fused-ring (bicyclic) bond motifs is 1. The zero-order valence-electron chi connectivity index (χ0n) is 9.39. The fraction of sp³-hybridized carbons (Fsp3) is 0.364. The zero-order valence-corrected chi connectivity index (χ0v) is 10.2. The van der Waals surface area contributed by atoms with Crippen LogP contribution in [0.4, 0.5) is 0 Å². The molecule has 0 amide bonds. The fourth-order valence-corrected chi connectivity index (χ4v) is 2.73. The number of rotatable bonds is 2. The summed E-state index contributed by atoms with van der Waals surface area (Å²) in [6.45, 7) is 0. The quantitative estimate of drug-likeness (QED) is 0.849. The summed E-state index contributed by atoms with van der Waals surface area (Å²) >= 11 is 0. The van der Waals surface area contributed by atoms with Crippen LogP contribution in [0.2, 0.25) is 0 Å². The van der Waals surface area contributed by atoms with Crippen LogP contribution in [0.1, 0.15) is 28.8 Å². The lowest BCUT2D eigenvalue weighted by molar-refractivity contribution is 0.0972. The Hall–Kier alpha value is -1.40. The van der Waals surface area contributed by atoms with Crippen molar-refractivity contribution in [2.75, 3.05) is 7.11 Å². The number of benzene rings is 1. The van der Waals surface area contributed by atoms with E-state index in [1.807, 2.05) is 0 Å². The van der Waals surface area contributed by atoms with Gasteiger partial charge in [0.25, 0.3) is 0 Å². The molecule has 0 radical (unpaired) electrons. The van der Waals surface area contributed by atoms with Gasteiger partial charge in [-0.3, -0.25) is 4.79 Å². The van der Waals surface area contributed by atoms with Crippen LogP contribution in [-0.2, 0) is 16.4 Å². The van der Waals surface area contributed by atoms with Crippen LogP contribution in [0.3, 0.4) is 0 Å². The van der Waals surface area contributed by atoms with Crippen molar-refractivity contribution in [1.82, 2.24) is 0 Å². The molecule has 0 atom stereocenters. The number of hydrogen-bond donors (Lipinski definition) is 1. The highest BCUT2D eigenvalue weighted by molar-refractivity contribution is 7.89. The van der Waals surface area contributed by atoms with Gasteiger partial charge in [0, 0.05) is 12.0 Å². The molecular formula is C11H13NO4S. The topological polar surface area (TPSA) is 86.5 Å². The van der Waals surface area contributed by atoms with Crippen LogP contribution in [0, 0.1) is 0 Å². The summed E-state index contributed by atoms with van der Waals surface area (Å²) in [4.78, 5) is 11.6. The van der Waals surface area contributed by atoms with E-state index in [2.05, 4.69) is 0 Å². The summed E-state index contributed by atoms with van der Waals surface area (Å²) in [5.74, 6) is 0.153. The lowest BCUT2D eigenvalue weighted by atomic mass is 9.90. The highest BCUT2D eigenvalue weighted by Gasteiger charge is 2.23. The van der Waals surface area contributed by atoms with Crippen molar-refractivity contribution in [3.05, 3.63) is 23.3 Å². The second-order valence-electron chi connectivity index (χ2n) is 3.98. The van der Waals surface area contributed by atoms with E-state index in [1.54, 1.807) is 6.07 Å². The van der Waals surface area contributed by atoms with Gasteiger partial charge in [-0.15, -0.1) is 0 Å². The molecule has 0 unspecified atom stereocenters. The van der Waals surface area contributed by atoms with Gasteiger partial charge in [0.05, 0.1) is 7.11 Å². The summed E-state index contributed by atoms with van der Waals surface area (Å²) in [5.41, 5.74) is 1.27. The van der Waals surface area contributed by atoms with Crippen LogP contribution in [-0.4, -0.2) is 21.3 Å². The van der Waals surface area contributed by atoms with Gasteiger partial charge < -0.3 is 4.74 Å². The van der Waals surface area contributed by atoms with Gasteiger partial charge in [-0.25, -0.2) is 13.6 Å². The third-order valence-corrected chi connectivity index (χ3v) is 3.78. The van der Waals surface area contributed by atoms with E-state index in [0.717, 1.165) is 18.4 Å². The SMILES string of the molecule is COc1cc2c(cc1S(N)(=O)=O)C(=O)CCC2. The van der Waals surface area contributed by atoms with Crippen molar-refractivity contribution >= 4 is 15.8 Å². The van der Waals surface area contributed by atoms with Crippen molar-refractivity contribution < 1.29 is 17.9 Å². The largest absolute Gasteiger partial charge is 0.495 e. The highest BCUT2D eigenvalue weighted by atomic mass is 32.2. The summed E-state index contributed by atoms with van der Waals surface area (Å²) < 4.78 is 27.8. The first kappa shape index (κ1) is 12.1. The lowest BCUT2D eigenvalue weighted by Crippen LogP contribution is -2.17. The predicted octanol–water partition coefficient (Wildman–Crippen LogP) is 0.862. The third-order valence-electron chi connectivity index (χ3n) is 2.85. The molecule has 0 saturated heterocycles. The van der Waals surface area contributed by atoms with Crippen molar-refractivity contribution in [2.24, 2.45) is 5.14 Å². The average molecular weight is 255 g/mol. The minimum absolute atomic E-state index is 0.0428. The van der Waals surface area contributed by atoms with Crippen LogP contribution in [0.5, 0.6) is 5.75 Å². The third kappa shape index (κ3) is 2.18. The highest BCUT2D eigenvalue weighted by Crippen LogP contribution is 2.31. The van der Waals surface area contributed by atoms with Crippen LogP contribution >= 0.6 is 0 Å². The Balaban J connectivity index is 2.69. The number of nitrogens with two attached hydrogens (primary N) is 1. The van der Waals surface area contributed by atoms with Crippen molar-refractivity contribution in [3.8, 4) is 5.75 Å². The molecule has 1 aromatic rings. The van der Waals surface area contributed by atoms with Gasteiger partial charge in [-0.05, 0) is 30.5 Å². The molecule has 6 heteroatoms. The standard InChI is InChI=1S/C11H13NO4S/c1-16-10-5-7-3-2-4-9(13)8(7)6-11(10)17(12,14)15/h5-6H,2-4H2,1H3,(H2,12,14,15). The number of ketones is 1. The number of carbonyl (C=O) groups is 1. The Morgan fingerprint density at radius 2 is 2.00 bits per heavy atom. The zero-order chi connectivity index (χ0) is 12.6. The maximum Gasteiger partial charge on any atom is 0.241 e. The monoisotopic (exact) mass is 255 g/mol. The maximum atomic E-state index is 11.7. The maximum absolute atomic E-state index is 11.7. The second-order valence-corrected chi connectivity index (χ2v) is 5.51. The molecular weight excluding hydrogens is 242 g/mol. The number of primary sulfonamides is 1. The molecule has 0 heterocycles. The first-order valence-corrected chi connectivity index (χ1v) is 6.75. The first-order valence-electron chi connectivity index (χ1n) is 5.20. The van der Waals surface area contributed by atoms with Crippen molar-refractivity contribution in [1.29, 1.82) is 0 Å². The van der Waals surface area contributed by atoms with Crippen molar-refractivity contribution in [3.63, 3.8) is 0 Å². The lowest BCUT2D eigenvalue weighted by Gasteiger charge is -2.17. The molecule has 0 saturated carbocycles. The Morgan fingerprint density at radius 3 is 2.59 bits per heavy atom. The van der Waals surface area contributed by atoms with Gasteiger partial charge in [-0.1, -0.05) is 0 Å².